The number of carbonyl (C=O) groups is 5. The van der Waals surface area contributed by atoms with Gasteiger partial charge in [0.2, 0.25) is 11.9 Å². The number of benzene rings is 3. The number of esters is 3. The van der Waals surface area contributed by atoms with Crippen LogP contribution in [0, 0.1) is 0 Å². The molecule has 358 valence electrons. The van der Waals surface area contributed by atoms with Crippen LogP contribution in [-0.4, -0.2) is 142 Å². The van der Waals surface area contributed by atoms with E-state index in [1.54, 1.807) is 68.3 Å². The molecule has 0 radical (unpaired) electrons. The third-order valence-electron chi connectivity index (χ3n) is 11.1. The van der Waals surface area contributed by atoms with E-state index in [1.165, 1.54) is 23.6 Å². The number of aromatic amines is 1. The summed E-state index contributed by atoms with van der Waals surface area (Å²) in [5, 5.41) is 13.0. The first-order chi connectivity index (χ1) is 32.9. The Balaban J connectivity index is 0.892. The lowest BCUT2D eigenvalue weighted by Gasteiger charge is -2.25. The smallest absolute Gasteiger partial charge is 0.347 e. The zero-order chi connectivity index (χ0) is 48.0. The number of anilines is 2. The van der Waals surface area contributed by atoms with Crippen LogP contribution >= 0.6 is 15.9 Å². The van der Waals surface area contributed by atoms with E-state index in [0.29, 0.717) is 64.0 Å². The number of ether oxygens (including phenoxy) is 5. The van der Waals surface area contributed by atoms with Gasteiger partial charge >= 0.3 is 23.9 Å². The molecule has 0 aliphatic carbocycles. The summed E-state index contributed by atoms with van der Waals surface area (Å²) in [5.41, 5.74) is 4.86. The minimum absolute atomic E-state index is 0.0442. The molecule has 2 aliphatic rings. The second-order valence-electron chi connectivity index (χ2n) is 15.9. The number of nitrogens with zero attached hydrogens (tertiary/aromatic N) is 7. The van der Waals surface area contributed by atoms with Gasteiger partial charge in [0, 0.05) is 50.2 Å². The fourth-order valence-electron chi connectivity index (χ4n) is 7.42. The number of fused-ring (bicyclic) bond motifs is 1. The molecule has 68 heavy (non-hydrogen) atoms. The largest absolute Gasteiger partial charge is 0.497 e. The standard InChI is InChI=1S/C47H53BrN10O10/c1-30(68-45(62)31(2)67-41(60)14-13-40(59)58-20-17-51-46(58)54-37-11-12-38-43(42(37)48)50-16-15-49-38)44(61)66-24-22-57(29-32-7-6-8-35(25-32)64-3)47(63)55-36-10-9-33(34-27-52-53-28-34)26-39(36)65-23-21-56-18-4-5-19-56/h6-12,15-16,25-28,30-31H,4-5,13-14,17-24,29H2,1-3H3,(H,51,54)(H,52,53)(H,55,63)/t30-,31-/m0/s1. The van der Waals surface area contributed by atoms with Crippen molar-refractivity contribution in [3.63, 3.8) is 0 Å². The Morgan fingerprint density at radius 3 is 2.47 bits per heavy atom. The number of likely N-dealkylation sites (tertiary alicyclic amines) is 1. The highest BCUT2D eigenvalue weighted by molar-refractivity contribution is 9.10. The number of urea groups is 1. The van der Waals surface area contributed by atoms with E-state index in [4.69, 9.17) is 23.7 Å². The number of amides is 3. The number of rotatable bonds is 20. The predicted molar refractivity (Wildman–Crippen MR) is 254 cm³/mol. The van der Waals surface area contributed by atoms with E-state index < -0.39 is 36.1 Å². The summed E-state index contributed by atoms with van der Waals surface area (Å²) in [6, 6.07) is 15.8. The molecule has 0 bridgehead atoms. The number of aromatic nitrogens is 4. The summed E-state index contributed by atoms with van der Waals surface area (Å²) in [4.78, 5) is 84.2. The van der Waals surface area contributed by atoms with Crippen LogP contribution in [0.5, 0.6) is 11.5 Å². The van der Waals surface area contributed by atoms with Crippen molar-refractivity contribution in [2.24, 2.45) is 4.99 Å². The highest BCUT2D eigenvalue weighted by Gasteiger charge is 2.29. The topological polar surface area (TPSA) is 232 Å². The quantitative estimate of drug-likeness (QED) is 0.0618. The van der Waals surface area contributed by atoms with Crippen LogP contribution in [0.1, 0.15) is 45.1 Å². The van der Waals surface area contributed by atoms with Gasteiger partial charge in [-0.3, -0.25) is 39.4 Å². The van der Waals surface area contributed by atoms with E-state index in [-0.39, 0.29) is 38.4 Å². The molecular formula is C47H53BrN10O10. The zero-order valence-corrected chi connectivity index (χ0v) is 39.5. The second kappa shape index (κ2) is 23.5. The number of nitrogens with one attached hydrogen (secondary N) is 3. The van der Waals surface area contributed by atoms with Crippen molar-refractivity contribution >= 4 is 74.1 Å². The first kappa shape index (κ1) is 48.8. The number of H-pyrrole nitrogens is 1. The van der Waals surface area contributed by atoms with Gasteiger partial charge in [-0.2, -0.15) is 5.10 Å². The van der Waals surface area contributed by atoms with Crippen molar-refractivity contribution in [1.29, 1.82) is 0 Å². The highest BCUT2D eigenvalue weighted by atomic mass is 79.9. The molecule has 0 unspecified atom stereocenters. The molecule has 21 heteroatoms. The molecule has 1 saturated heterocycles. The van der Waals surface area contributed by atoms with Gasteiger partial charge in [0.1, 0.15) is 30.2 Å². The van der Waals surface area contributed by atoms with E-state index in [9.17, 15) is 24.0 Å². The molecule has 3 aromatic carbocycles. The molecule has 3 amide bonds. The molecule has 3 N–H and O–H groups in total. The van der Waals surface area contributed by atoms with Crippen LogP contribution < -0.4 is 20.1 Å². The van der Waals surface area contributed by atoms with Gasteiger partial charge in [0.15, 0.2) is 12.2 Å². The van der Waals surface area contributed by atoms with Gasteiger partial charge in [0.05, 0.1) is 54.2 Å². The number of guanidine groups is 1. The Morgan fingerprint density at radius 1 is 0.882 bits per heavy atom. The minimum Gasteiger partial charge on any atom is -0.497 e. The average molecular weight is 998 g/mol. The van der Waals surface area contributed by atoms with E-state index >= 15 is 0 Å². The van der Waals surface area contributed by atoms with Crippen LogP contribution in [0.15, 0.2) is 88.8 Å². The van der Waals surface area contributed by atoms with Gasteiger partial charge in [-0.15, -0.1) is 0 Å². The lowest BCUT2D eigenvalue weighted by Crippen LogP contribution is -2.39. The monoisotopic (exact) mass is 996 g/mol. The van der Waals surface area contributed by atoms with Gasteiger partial charge in [-0.05, 0) is 103 Å². The summed E-state index contributed by atoms with van der Waals surface area (Å²) in [6.45, 7) is 6.33. The number of halogens is 1. The fourth-order valence-corrected chi connectivity index (χ4v) is 7.96. The number of hydrogen-bond donors (Lipinski definition) is 3. The summed E-state index contributed by atoms with van der Waals surface area (Å²) in [5.74, 6) is -1.67. The number of methoxy groups -OCH3 is 1. The maximum absolute atomic E-state index is 14.0. The highest BCUT2D eigenvalue weighted by Crippen LogP contribution is 2.32. The number of aliphatic imine (C=N–C) groups is 1. The maximum atomic E-state index is 14.0. The summed E-state index contributed by atoms with van der Waals surface area (Å²) in [7, 11) is 1.55. The van der Waals surface area contributed by atoms with Gasteiger partial charge in [-0.1, -0.05) is 18.2 Å². The first-order valence-corrected chi connectivity index (χ1v) is 23.0. The molecule has 0 spiro atoms. The second-order valence-corrected chi connectivity index (χ2v) is 16.7. The normalized spacial score (nSPS) is 14.4. The summed E-state index contributed by atoms with van der Waals surface area (Å²) < 4.78 is 28.3. The predicted octanol–water partition coefficient (Wildman–Crippen LogP) is 5.80. The minimum atomic E-state index is -1.39. The SMILES string of the molecule is COc1cccc(CN(CCOC(=O)[C@H](C)OC(=O)[C@H](C)OC(=O)CCC(=O)N2CCN=C2Nc2ccc3nccnc3c2Br)C(=O)Nc2ccc(-c3cn[nH]c3)cc2OCCN2CCCC2)c1. The molecule has 1 fully saturated rings. The Morgan fingerprint density at radius 2 is 1.68 bits per heavy atom. The van der Waals surface area contributed by atoms with E-state index in [2.05, 4.69) is 56.6 Å². The number of hydrogen-bond acceptors (Lipinski definition) is 16. The Labute approximate surface area is 400 Å². The van der Waals surface area contributed by atoms with Crippen molar-refractivity contribution in [3.05, 3.63) is 89.4 Å². The molecule has 4 heterocycles. The van der Waals surface area contributed by atoms with Gasteiger partial charge in [-0.25, -0.2) is 14.4 Å². The van der Waals surface area contributed by atoms with Crippen molar-refractivity contribution in [2.45, 2.75) is 58.3 Å². The Hall–Kier alpha value is -7.13. The van der Waals surface area contributed by atoms with Crippen molar-refractivity contribution < 1.29 is 47.7 Å². The van der Waals surface area contributed by atoms with E-state index in [0.717, 1.165) is 49.2 Å². The molecule has 0 saturated carbocycles. The van der Waals surface area contributed by atoms with Gasteiger partial charge in [0.25, 0.3) is 0 Å². The molecule has 7 rings (SSSR count). The van der Waals surface area contributed by atoms with Crippen LogP contribution in [0.4, 0.5) is 16.2 Å². The molecule has 2 aromatic heterocycles. The summed E-state index contributed by atoms with van der Waals surface area (Å²) >= 11 is 3.54. The van der Waals surface area contributed by atoms with Crippen LogP contribution in [0.3, 0.4) is 0 Å². The lowest BCUT2D eigenvalue weighted by atomic mass is 10.1. The van der Waals surface area contributed by atoms with Crippen molar-refractivity contribution in [1.82, 2.24) is 34.9 Å². The molecule has 5 aromatic rings. The molecule has 20 nitrogen and oxygen atoms in total. The third kappa shape index (κ3) is 13.1. The van der Waals surface area contributed by atoms with Crippen molar-refractivity contribution in [2.75, 3.05) is 70.2 Å². The van der Waals surface area contributed by atoms with Crippen LogP contribution in [-0.2, 0) is 39.9 Å². The maximum Gasteiger partial charge on any atom is 0.347 e. The molecular weight excluding hydrogens is 944 g/mol. The first-order valence-electron chi connectivity index (χ1n) is 22.2. The van der Waals surface area contributed by atoms with E-state index in [1.807, 2.05) is 18.2 Å². The third-order valence-corrected chi connectivity index (χ3v) is 11.9. The van der Waals surface area contributed by atoms with Gasteiger partial charge < -0.3 is 39.2 Å². The van der Waals surface area contributed by atoms with Crippen LogP contribution in [0.25, 0.3) is 22.2 Å². The lowest BCUT2D eigenvalue weighted by molar-refractivity contribution is -0.177. The van der Waals surface area contributed by atoms with Crippen LogP contribution in [0.2, 0.25) is 0 Å². The zero-order valence-electron chi connectivity index (χ0n) is 37.9. The fraction of sp³-hybridized carbons (Fsp3) is 0.383. The average Bonchev–Trinajstić information content (AvgIpc) is 4.17. The Bertz CT molecular complexity index is 2610. The number of carbonyl (C=O) groups excluding carboxylic acids is 5. The molecule has 2 atom stereocenters. The molecule has 2 aliphatic heterocycles. The Kier molecular flexibility index (Phi) is 16.9. The summed E-state index contributed by atoms with van der Waals surface area (Å²) in [6.07, 6.45) is 5.65. The van der Waals surface area contributed by atoms with Crippen molar-refractivity contribution in [3.8, 4) is 22.6 Å².